The summed E-state index contributed by atoms with van der Waals surface area (Å²) in [7, 11) is 0. The maximum absolute atomic E-state index is 9.13. The summed E-state index contributed by atoms with van der Waals surface area (Å²) >= 11 is 0. The average molecular weight is 150 g/mol. The van der Waals surface area contributed by atoms with E-state index in [0.29, 0.717) is 5.92 Å². The van der Waals surface area contributed by atoms with E-state index in [1.54, 1.807) is 12.1 Å². The van der Waals surface area contributed by atoms with Crippen molar-refractivity contribution in [2.45, 2.75) is 18.8 Å². The molecule has 1 aliphatic carbocycles. The van der Waals surface area contributed by atoms with Gasteiger partial charge in [0.05, 0.1) is 0 Å². The van der Waals surface area contributed by atoms with E-state index in [0.717, 1.165) is 5.56 Å². The number of benzene rings is 1. The zero-order chi connectivity index (χ0) is 7.84. The minimum Gasteiger partial charge on any atom is -0.504 e. The normalized spacial score (nSPS) is 16.7. The standard InChI is InChI=1S/C9H10O2/c10-8-4-3-7(5-9(8)11)6-1-2-6/h3-6,10-11H,1-2H2. The summed E-state index contributed by atoms with van der Waals surface area (Å²) in [6.45, 7) is 0. The molecule has 58 valence electrons. The molecule has 1 aromatic rings. The lowest BCUT2D eigenvalue weighted by Crippen LogP contribution is -1.77. The molecule has 1 saturated carbocycles. The largest absolute Gasteiger partial charge is 0.504 e. The van der Waals surface area contributed by atoms with E-state index in [2.05, 4.69) is 0 Å². The molecule has 0 atom stereocenters. The highest BCUT2D eigenvalue weighted by Crippen LogP contribution is 2.42. The van der Waals surface area contributed by atoms with E-state index < -0.39 is 0 Å². The highest BCUT2D eigenvalue weighted by molar-refractivity contribution is 5.42. The Morgan fingerprint density at radius 2 is 1.82 bits per heavy atom. The molecule has 0 heterocycles. The van der Waals surface area contributed by atoms with Crippen molar-refractivity contribution in [2.75, 3.05) is 0 Å². The van der Waals surface area contributed by atoms with Crippen LogP contribution in [-0.2, 0) is 0 Å². The molecule has 2 heteroatoms. The summed E-state index contributed by atoms with van der Waals surface area (Å²) in [5, 5.41) is 18.1. The molecule has 0 bridgehead atoms. The Morgan fingerprint density at radius 3 is 2.36 bits per heavy atom. The fourth-order valence-corrected chi connectivity index (χ4v) is 1.21. The Hall–Kier alpha value is -1.18. The summed E-state index contributed by atoms with van der Waals surface area (Å²) in [6.07, 6.45) is 2.43. The summed E-state index contributed by atoms with van der Waals surface area (Å²) in [5.41, 5.74) is 1.14. The molecule has 0 amide bonds. The summed E-state index contributed by atoms with van der Waals surface area (Å²) in [4.78, 5) is 0. The van der Waals surface area contributed by atoms with Crippen molar-refractivity contribution in [1.82, 2.24) is 0 Å². The Labute approximate surface area is 65.1 Å². The Kier molecular flexibility index (Phi) is 1.28. The van der Waals surface area contributed by atoms with E-state index >= 15 is 0 Å². The molecule has 1 aliphatic rings. The zero-order valence-electron chi connectivity index (χ0n) is 6.12. The van der Waals surface area contributed by atoms with Crippen LogP contribution in [0.3, 0.4) is 0 Å². The molecule has 0 radical (unpaired) electrons. The number of hydrogen-bond acceptors (Lipinski definition) is 2. The SMILES string of the molecule is Oc1ccc(C2CC2)cc1O. The van der Waals surface area contributed by atoms with Crippen LogP contribution in [0.15, 0.2) is 18.2 Å². The Bertz CT molecular complexity index is 277. The van der Waals surface area contributed by atoms with Gasteiger partial charge < -0.3 is 10.2 Å². The van der Waals surface area contributed by atoms with Gasteiger partial charge in [0.25, 0.3) is 0 Å². The second kappa shape index (κ2) is 2.16. The van der Waals surface area contributed by atoms with Gasteiger partial charge in [-0.25, -0.2) is 0 Å². The molecule has 0 aromatic heterocycles. The molecule has 1 fully saturated rings. The first-order valence-electron chi connectivity index (χ1n) is 3.79. The second-order valence-electron chi connectivity index (χ2n) is 3.02. The summed E-state index contributed by atoms with van der Waals surface area (Å²) in [5.74, 6) is 0.588. The third-order valence-corrected chi connectivity index (χ3v) is 2.05. The van der Waals surface area contributed by atoms with E-state index in [1.165, 1.54) is 12.8 Å². The van der Waals surface area contributed by atoms with Crippen LogP contribution in [-0.4, -0.2) is 10.2 Å². The van der Waals surface area contributed by atoms with Crippen LogP contribution in [0.5, 0.6) is 11.5 Å². The van der Waals surface area contributed by atoms with Crippen molar-refractivity contribution in [3.8, 4) is 11.5 Å². The fraction of sp³-hybridized carbons (Fsp3) is 0.333. The molecule has 1 aromatic carbocycles. The lowest BCUT2D eigenvalue weighted by molar-refractivity contribution is 0.403. The van der Waals surface area contributed by atoms with Gasteiger partial charge in [-0.15, -0.1) is 0 Å². The highest BCUT2D eigenvalue weighted by Gasteiger charge is 2.23. The monoisotopic (exact) mass is 150 g/mol. The van der Waals surface area contributed by atoms with E-state index in [-0.39, 0.29) is 11.5 Å². The molecule has 0 spiro atoms. The van der Waals surface area contributed by atoms with Gasteiger partial charge in [0.15, 0.2) is 11.5 Å². The number of hydrogen-bond donors (Lipinski definition) is 2. The van der Waals surface area contributed by atoms with Gasteiger partial charge in [-0.05, 0) is 36.5 Å². The molecule has 0 unspecified atom stereocenters. The van der Waals surface area contributed by atoms with Crippen molar-refractivity contribution < 1.29 is 10.2 Å². The minimum atomic E-state index is -0.0330. The fourth-order valence-electron chi connectivity index (χ4n) is 1.21. The van der Waals surface area contributed by atoms with E-state index in [4.69, 9.17) is 10.2 Å². The smallest absolute Gasteiger partial charge is 0.157 e. The van der Waals surface area contributed by atoms with E-state index in [1.807, 2.05) is 6.07 Å². The lowest BCUT2D eigenvalue weighted by atomic mass is 10.1. The first-order valence-corrected chi connectivity index (χ1v) is 3.79. The van der Waals surface area contributed by atoms with Crippen LogP contribution in [0.1, 0.15) is 24.3 Å². The minimum absolute atomic E-state index is 0.00519. The summed E-state index contributed by atoms with van der Waals surface area (Å²) in [6, 6.07) is 5.06. The second-order valence-corrected chi connectivity index (χ2v) is 3.02. The first-order chi connectivity index (χ1) is 5.27. The highest BCUT2D eigenvalue weighted by atomic mass is 16.3. The van der Waals surface area contributed by atoms with Gasteiger partial charge in [0.1, 0.15) is 0 Å². The van der Waals surface area contributed by atoms with Crippen molar-refractivity contribution in [2.24, 2.45) is 0 Å². The van der Waals surface area contributed by atoms with Crippen LogP contribution in [0.2, 0.25) is 0 Å². The van der Waals surface area contributed by atoms with Gasteiger partial charge in [-0.3, -0.25) is 0 Å². The van der Waals surface area contributed by atoms with Crippen LogP contribution >= 0.6 is 0 Å². The number of aromatic hydroxyl groups is 2. The van der Waals surface area contributed by atoms with Crippen molar-refractivity contribution in [3.63, 3.8) is 0 Å². The third-order valence-electron chi connectivity index (χ3n) is 2.05. The first kappa shape index (κ1) is 6.53. The molecule has 0 aliphatic heterocycles. The van der Waals surface area contributed by atoms with Gasteiger partial charge in [0, 0.05) is 0 Å². The number of rotatable bonds is 1. The Balaban J connectivity index is 2.36. The van der Waals surface area contributed by atoms with Gasteiger partial charge in [-0.1, -0.05) is 6.07 Å². The van der Waals surface area contributed by atoms with Crippen LogP contribution < -0.4 is 0 Å². The molecule has 2 nitrogen and oxygen atoms in total. The van der Waals surface area contributed by atoms with Gasteiger partial charge in [-0.2, -0.15) is 0 Å². The number of phenolic OH excluding ortho intramolecular Hbond substituents is 2. The molecular formula is C9H10O2. The van der Waals surface area contributed by atoms with Crippen LogP contribution in [0.4, 0.5) is 0 Å². The lowest BCUT2D eigenvalue weighted by Gasteiger charge is -2.00. The number of phenols is 2. The van der Waals surface area contributed by atoms with Crippen LogP contribution in [0.25, 0.3) is 0 Å². The third kappa shape index (κ3) is 1.16. The van der Waals surface area contributed by atoms with Crippen molar-refractivity contribution in [1.29, 1.82) is 0 Å². The molecule has 0 saturated heterocycles. The molecule has 11 heavy (non-hydrogen) atoms. The zero-order valence-corrected chi connectivity index (χ0v) is 6.12. The van der Waals surface area contributed by atoms with Gasteiger partial charge in [0.2, 0.25) is 0 Å². The predicted octanol–water partition coefficient (Wildman–Crippen LogP) is 1.98. The van der Waals surface area contributed by atoms with Gasteiger partial charge >= 0.3 is 0 Å². The molecule has 2 rings (SSSR count). The average Bonchev–Trinajstić information content (AvgIpc) is 2.77. The molecular weight excluding hydrogens is 140 g/mol. The van der Waals surface area contributed by atoms with Crippen molar-refractivity contribution >= 4 is 0 Å². The maximum atomic E-state index is 9.13. The predicted molar refractivity (Wildman–Crippen MR) is 41.7 cm³/mol. The van der Waals surface area contributed by atoms with Crippen LogP contribution in [0, 0.1) is 0 Å². The summed E-state index contributed by atoms with van der Waals surface area (Å²) < 4.78 is 0. The maximum Gasteiger partial charge on any atom is 0.157 e. The Morgan fingerprint density at radius 1 is 1.09 bits per heavy atom. The topological polar surface area (TPSA) is 40.5 Å². The van der Waals surface area contributed by atoms with E-state index in [9.17, 15) is 0 Å². The quantitative estimate of drug-likeness (QED) is 0.601. The van der Waals surface area contributed by atoms with Crippen molar-refractivity contribution in [3.05, 3.63) is 23.8 Å². The molecule has 2 N–H and O–H groups in total.